The van der Waals surface area contributed by atoms with Gasteiger partial charge in [0, 0.05) is 10.9 Å². The van der Waals surface area contributed by atoms with Crippen molar-refractivity contribution in [2.45, 2.75) is 45.6 Å². The second-order valence-corrected chi connectivity index (χ2v) is 7.30. The van der Waals surface area contributed by atoms with Gasteiger partial charge in [-0.15, -0.1) is 11.3 Å². The Morgan fingerprint density at radius 1 is 1.33 bits per heavy atom. The van der Waals surface area contributed by atoms with E-state index in [1.807, 2.05) is 6.07 Å². The number of carbonyl (C=O) groups is 1. The van der Waals surface area contributed by atoms with E-state index in [9.17, 15) is 4.79 Å². The highest BCUT2D eigenvalue weighted by Crippen LogP contribution is 2.27. The Labute approximate surface area is 129 Å². The molecule has 1 aliphatic carbocycles. The van der Waals surface area contributed by atoms with Crippen LogP contribution >= 0.6 is 11.3 Å². The van der Waals surface area contributed by atoms with E-state index in [1.54, 1.807) is 11.3 Å². The van der Waals surface area contributed by atoms with Crippen LogP contribution in [0, 0.1) is 12.8 Å². The molecule has 0 radical (unpaired) electrons. The van der Waals surface area contributed by atoms with Crippen LogP contribution in [0.1, 0.15) is 48.0 Å². The van der Waals surface area contributed by atoms with Gasteiger partial charge < -0.3 is 5.32 Å². The number of nitrogens with zero attached hydrogens (tertiary/aromatic N) is 1. The number of rotatable bonds is 3. The molecule has 0 bridgehead atoms. The predicted octanol–water partition coefficient (Wildman–Crippen LogP) is 3.76. The maximum atomic E-state index is 12.3. The van der Waals surface area contributed by atoms with Crippen molar-refractivity contribution in [3.63, 3.8) is 0 Å². The average Bonchev–Trinajstić information content (AvgIpc) is 3.10. The fraction of sp³-hybridized carbons (Fsp3) is 0.500. The van der Waals surface area contributed by atoms with Gasteiger partial charge in [0.15, 0.2) is 5.69 Å². The van der Waals surface area contributed by atoms with Gasteiger partial charge in [0.2, 0.25) is 0 Å². The Bertz CT molecular complexity index is 623. The van der Waals surface area contributed by atoms with Crippen molar-refractivity contribution in [1.82, 2.24) is 15.5 Å². The number of aromatic amines is 1. The summed E-state index contributed by atoms with van der Waals surface area (Å²) < 4.78 is 0. The Morgan fingerprint density at radius 2 is 2.10 bits per heavy atom. The maximum Gasteiger partial charge on any atom is 0.272 e. The zero-order valence-electron chi connectivity index (χ0n) is 12.5. The maximum absolute atomic E-state index is 12.3. The lowest BCUT2D eigenvalue weighted by Gasteiger charge is -2.26. The van der Waals surface area contributed by atoms with Crippen LogP contribution in [0.3, 0.4) is 0 Å². The van der Waals surface area contributed by atoms with Crippen molar-refractivity contribution in [1.29, 1.82) is 0 Å². The molecule has 1 aliphatic rings. The van der Waals surface area contributed by atoms with Crippen LogP contribution in [-0.2, 0) is 0 Å². The van der Waals surface area contributed by atoms with Crippen LogP contribution in [-0.4, -0.2) is 22.1 Å². The van der Waals surface area contributed by atoms with Crippen LogP contribution in [0.15, 0.2) is 18.2 Å². The standard InChI is InChI=1S/C16H21N3OS/c1-10-3-6-12(7-4-10)17-16(20)14-9-13(18-19-14)15-8-5-11(2)21-15/h5,8-10,12H,3-4,6-7H2,1-2H3,(H,17,20)(H,18,19). The summed E-state index contributed by atoms with van der Waals surface area (Å²) in [6.45, 7) is 4.35. The molecule has 0 spiro atoms. The largest absolute Gasteiger partial charge is 0.348 e. The minimum atomic E-state index is -0.0645. The Kier molecular flexibility index (Phi) is 4.10. The first-order chi connectivity index (χ1) is 10.1. The molecule has 0 atom stereocenters. The molecule has 2 N–H and O–H groups in total. The highest BCUT2D eigenvalue weighted by molar-refractivity contribution is 7.15. The van der Waals surface area contributed by atoms with Gasteiger partial charge in [0.25, 0.3) is 5.91 Å². The van der Waals surface area contributed by atoms with Crippen molar-refractivity contribution >= 4 is 17.2 Å². The molecule has 5 heteroatoms. The van der Waals surface area contributed by atoms with E-state index in [-0.39, 0.29) is 5.91 Å². The number of H-pyrrole nitrogens is 1. The molecular weight excluding hydrogens is 282 g/mol. The first kappa shape index (κ1) is 14.3. The van der Waals surface area contributed by atoms with Crippen LogP contribution < -0.4 is 5.32 Å². The molecule has 2 heterocycles. The van der Waals surface area contributed by atoms with E-state index < -0.39 is 0 Å². The molecule has 2 aromatic rings. The van der Waals surface area contributed by atoms with Gasteiger partial charge in [-0.3, -0.25) is 9.89 Å². The Morgan fingerprint density at radius 3 is 2.76 bits per heavy atom. The number of thiophene rings is 1. The molecular formula is C16H21N3OS. The quantitative estimate of drug-likeness (QED) is 0.907. The van der Waals surface area contributed by atoms with E-state index in [1.165, 1.54) is 17.7 Å². The predicted molar refractivity (Wildman–Crippen MR) is 85.5 cm³/mol. The van der Waals surface area contributed by atoms with Crippen LogP contribution in [0.2, 0.25) is 0 Å². The van der Waals surface area contributed by atoms with Gasteiger partial charge >= 0.3 is 0 Å². The van der Waals surface area contributed by atoms with Crippen molar-refractivity contribution in [2.24, 2.45) is 5.92 Å². The third-order valence-corrected chi connectivity index (χ3v) is 5.20. The van der Waals surface area contributed by atoms with E-state index in [4.69, 9.17) is 0 Å². The van der Waals surface area contributed by atoms with Gasteiger partial charge in [0.05, 0.1) is 10.6 Å². The van der Waals surface area contributed by atoms with Gasteiger partial charge in [-0.05, 0) is 56.7 Å². The summed E-state index contributed by atoms with van der Waals surface area (Å²) in [7, 11) is 0. The summed E-state index contributed by atoms with van der Waals surface area (Å²) in [5.41, 5.74) is 1.39. The molecule has 0 aromatic carbocycles. The second kappa shape index (κ2) is 6.02. The molecule has 2 aromatic heterocycles. The molecule has 1 fully saturated rings. The first-order valence-corrected chi connectivity index (χ1v) is 8.36. The van der Waals surface area contributed by atoms with E-state index >= 15 is 0 Å². The Balaban J connectivity index is 1.64. The highest BCUT2D eigenvalue weighted by Gasteiger charge is 2.21. The van der Waals surface area contributed by atoms with Gasteiger partial charge in [-0.2, -0.15) is 5.10 Å². The lowest BCUT2D eigenvalue weighted by atomic mass is 9.87. The molecule has 1 amide bonds. The van der Waals surface area contributed by atoms with Crippen LogP contribution in [0.4, 0.5) is 0 Å². The van der Waals surface area contributed by atoms with Crippen molar-refractivity contribution in [3.8, 4) is 10.6 Å². The lowest BCUT2D eigenvalue weighted by Crippen LogP contribution is -2.37. The average molecular weight is 303 g/mol. The zero-order valence-corrected chi connectivity index (χ0v) is 13.3. The summed E-state index contributed by atoms with van der Waals surface area (Å²) in [4.78, 5) is 14.6. The van der Waals surface area contributed by atoms with Crippen LogP contribution in [0.25, 0.3) is 10.6 Å². The number of aryl methyl sites for hydroxylation is 1. The van der Waals surface area contributed by atoms with Crippen molar-refractivity contribution in [3.05, 3.63) is 28.8 Å². The molecule has 4 nitrogen and oxygen atoms in total. The summed E-state index contributed by atoms with van der Waals surface area (Å²) >= 11 is 1.70. The molecule has 0 unspecified atom stereocenters. The lowest BCUT2D eigenvalue weighted by molar-refractivity contribution is 0.0918. The minimum absolute atomic E-state index is 0.0645. The number of hydrogen-bond acceptors (Lipinski definition) is 3. The molecule has 1 saturated carbocycles. The van der Waals surface area contributed by atoms with E-state index in [2.05, 4.69) is 41.5 Å². The summed E-state index contributed by atoms with van der Waals surface area (Å²) in [6.07, 6.45) is 4.55. The topological polar surface area (TPSA) is 57.8 Å². The third-order valence-electron chi connectivity index (χ3n) is 4.17. The minimum Gasteiger partial charge on any atom is -0.348 e. The Hall–Kier alpha value is -1.62. The fourth-order valence-electron chi connectivity index (χ4n) is 2.81. The van der Waals surface area contributed by atoms with Crippen LogP contribution in [0.5, 0.6) is 0 Å². The van der Waals surface area contributed by atoms with Crippen molar-refractivity contribution in [2.75, 3.05) is 0 Å². The van der Waals surface area contributed by atoms with Crippen molar-refractivity contribution < 1.29 is 4.79 Å². The van der Waals surface area contributed by atoms with E-state index in [0.717, 1.165) is 29.3 Å². The summed E-state index contributed by atoms with van der Waals surface area (Å²) in [5.74, 6) is 0.725. The SMILES string of the molecule is Cc1ccc(-c2cc(C(=O)NC3CCC(C)CC3)n[nH]2)s1. The molecule has 0 aliphatic heterocycles. The smallest absolute Gasteiger partial charge is 0.272 e. The van der Waals surface area contributed by atoms with E-state index in [0.29, 0.717) is 11.7 Å². The number of aromatic nitrogens is 2. The fourth-order valence-corrected chi connectivity index (χ4v) is 3.64. The van der Waals surface area contributed by atoms with Gasteiger partial charge in [-0.1, -0.05) is 6.92 Å². The number of hydrogen-bond donors (Lipinski definition) is 2. The zero-order chi connectivity index (χ0) is 14.8. The normalized spacial score (nSPS) is 22.2. The molecule has 21 heavy (non-hydrogen) atoms. The summed E-state index contributed by atoms with van der Waals surface area (Å²) in [5, 5.41) is 10.2. The number of nitrogens with one attached hydrogen (secondary N) is 2. The number of carbonyl (C=O) groups excluding carboxylic acids is 1. The first-order valence-electron chi connectivity index (χ1n) is 7.55. The van der Waals surface area contributed by atoms with Gasteiger partial charge in [0.1, 0.15) is 0 Å². The summed E-state index contributed by atoms with van der Waals surface area (Å²) in [6, 6.07) is 6.27. The molecule has 112 valence electrons. The monoisotopic (exact) mass is 303 g/mol. The molecule has 3 rings (SSSR count). The highest BCUT2D eigenvalue weighted by atomic mass is 32.1. The number of amides is 1. The third kappa shape index (κ3) is 3.35. The second-order valence-electron chi connectivity index (χ2n) is 6.01. The van der Waals surface area contributed by atoms with Gasteiger partial charge in [-0.25, -0.2) is 0 Å². The molecule has 0 saturated heterocycles.